The fourth-order valence-electron chi connectivity index (χ4n) is 1.61. The van der Waals surface area contributed by atoms with Crippen LogP contribution in [0.15, 0.2) is 17.0 Å². The van der Waals surface area contributed by atoms with Crippen LogP contribution >= 0.6 is 0 Å². The second kappa shape index (κ2) is 4.42. The smallest absolute Gasteiger partial charge is 0.186 e. The minimum atomic E-state index is -3.51. The highest BCUT2D eigenvalue weighted by molar-refractivity contribution is 7.92. The van der Waals surface area contributed by atoms with Crippen molar-refractivity contribution < 1.29 is 13.5 Å². The number of sulfone groups is 1. The maximum atomic E-state index is 12.4. The molecule has 0 bridgehead atoms. The Balaban J connectivity index is 3.52. The summed E-state index contributed by atoms with van der Waals surface area (Å²) < 4.78 is 23.7. The Kier molecular flexibility index (Phi) is 3.69. The summed E-state index contributed by atoms with van der Waals surface area (Å²) in [5.74, 6) is 0. The molecule has 1 rings (SSSR count). The third-order valence-corrected chi connectivity index (χ3v) is 6.01. The van der Waals surface area contributed by atoms with E-state index in [1.54, 1.807) is 6.07 Å². The molecule has 0 aliphatic carbocycles. The second-order valence-corrected chi connectivity index (χ2v) is 7.60. The summed E-state index contributed by atoms with van der Waals surface area (Å²) in [6.45, 7) is 8.36. The van der Waals surface area contributed by atoms with Crippen LogP contribution < -0.4 is 0 Å². The van der Waals surface area contributed by atoms with E-state index in [0.717, 1.165) is 16.7 Å². The molecule has 0 aromatic heterocycles. The van der Waals surface area contributed by atoms with Gasteiger partial charge in [-0.2, -0.15) is 0 Å². The number of hydrogen-bond acceptors (Lipinski definition) is 3. The fraction of sp³-hybridized carbons (Fsp3) is 0.538. The highest BCUT2D eigenvalue weighted by Gasteiger charge is 2.36. The van der Waals surface area contributed by atoms with E-state index >= 15 is 0 Å². The standard InChI is InChI=1S/C13H20O3S/c1-9-6-7-12(11(3)10(9)2)17(15,16)13(4,5)8-14/h6-7,14H,8H2,1-5H3. The minimum absolute atomic E-state index is 0.319. The Bertz CT molecular complexity index is 528. The largest absolute Gasteiger partial charge is 0.395 e. The molecule has 0 aliphatic rings. The second-order valence-electron chi connectivity index (χ2n) is 5.05. The van der Waals surface area contributed by atoms with Crippen molar-refractivity contribution in [2.45, 2.75) is 44.3 Å². The van der Waals surface area contributed by atoms with Gasteiger partial charge in [0.05, 0.1) is 16.2 Å². The van der Waals surface area contributed by atoms with Crippen molar-refractivity contribution in [3.8, 4) is 0 Å². The predicted molar refractivity (Wildman–Crippen MR) is 69.0 cm³/mol. The summed E-state index contributed by atoms with van der Waals surface area (Å²) >= 11 is 0. The first-order valence-electron chi connectivity index (χ1n) is 5.57. The molecule has 1 aromatic rings. The van der Waals surface area contributed by atoms with E-state index in [4.69, 9.17) is 0 Å². The monoisotopic (exact) mass is 256 g/mol. The van der Waals surface area contributed by atoms with E-state index < -0.39 is 14.6 Å². The average Bonchev–Trinajstić information content (AvgIpc) is 2.25. The van der Waals surface area contributed by atoms with E-state index in [9.17, 15) is 13.5 Å². The van der Waals surface area contributed by atoms with Crippen LogP contribution in [0.5, 0.6) is 0 Å². The lowest BCUT2D eigenvalue weighted by molar-refractivity contribution is 0.258. The number of hydrogen-bond donors (Lipinski definition) is 1. The molecule has 0 aliphatic heterocycles. The van der Waals surface area contributed by atoms with E-state index in [1.807, 2.05) is 26.8 Å². The van der Waals surface area contributed by atoms with Crippen molar-refractivity contribution in [2.75, 3.05) is 6.61 Å². The van der Waals surface area contributed by atoms with Gasteiger partial charge in [0.15, 0.2) is 9.84 Å². The highest BCUT2D eigenvalue weighted by atomic mass is 32.2. The number of aryl methyl sites for hydroxylation is 1. The van der Waals surface area contributed by atoms with Crippen LogP contribution in [-0.4, -0.2) is 24.9 Å². The van der Waals surface area contributed by atoms with Crippen LogP contribution in [-0.2, 0) is 9.84 Å². The van der Waals surface area contributed by atoms with Gasteiger partial charge < -0.3 is 5.11 Å². The molecule has 1 aromatic carbocycles. The molecule has 0 unspecified atom stereocenters. The zero-order valence-corrected chi connectivity index (χ0v) is 11.9. The average molecular weight is 256 g/mol. The van der Waals surface area contributed by atoms with Gasteiger partial charge in [-0.25, -0.2) is 8.42 Å². The fourth-order valence-corrected chi connectivity index (χ4v) is 3.17. The zero-order chi connectivity index (χ0) is 13.4. The molecule has 0 spiro atoms. The summed E-state index contributed by atoms with van der Waals surface area (Å²) in [7, 11) is -3.51. The Morgan fingerprint density at radius 1 is 1.12 bits per heavy atom. The lowest BCUT2D eigenvalue weighted by atomic mass is 10.1. The Morgan fingerprint density at radius 3 is 2.12 bits per heavy atom. The lowest BCUT2D eigenvalue weighted by Crippen LogP contribution is -2.36. The molecule has 0 amide bonds. The highest BCUT2D eigenvalue weighted by Crippen LogP contribution is 2.29. The van der Waals surface area contributed by atoms with E-state index in [0.29, 0.717) is 4.90 Å². The van der Waals surface area contributed by atoms with Gasteiger partial charge in [0.2, 0.25) is 0 Å². The van der Waals surface area contributed by atoms with Crippen molar-refractivity contribution in [3.05, 3.63) is 28.8 Å². The maximum Gasteiger partial charge on any atom is 0.186 e. The van der Waals surface area contributed by atoms with Crippen LogP contribution in [0.4, 0.5) is 0 Å². The van der Waals surface area contributed by atoms with Crippen LogP contribution in [0.1, 0.15) is 30.5 Å². The molecule has 0 saturated carbocycles. The third-order valence-electron chi connectivity index (χ3n) is 3.41. The summed E-state index contributed by atoms with van der Waals surface area (Å²) in [6.07, 6.45) is 0. The van der Waals surface area contributed by atoms with Crippen molar-refractivity contribution in [3.63, 3.8) is 0 Å². The van der Waals surface area contributed by atoms with Crippen LogP contribution in [0.3, 0.4) is 0 Å². The first-order chi connectivity index (χ1) is 7.65. The van der Waals surface area contributed by atoms with Gasteiger partial charge in [-0.15, -0.1) is 0 Å². The SMILES string of the molecule is Cc1ccc(S(=O)(=O)C(C)(C)CO)c(C)c1C. The molecule has 1 N–H and O–H groups in total. The molecule has 96 valence electrons. The predicted octanol–water partition coefficient (Wildman–Crippen LogP) is 2.16. The van der Waals surface area contributed by atoms with Crippen molar-refractivity contribution in [1.82, 2.24) is 0 Å². The van der Waals surface area contributed by atoms with Gasteiger partial charge in [0, 0.05) is 0 Å². The minimum Gasteiger partial charge on any atom is -0.395 e. The Morgan fingerprint density at radius 2 is 1.65 bits per heavy atom. The summed E-state index contributed by atoms with van der Waals surface area (Å²) in [4.78, 5) is 0.319. The molecule has 4 heteroatoms. The summed E-state index contributed by atoms with van der Waals surface area (Å²) in [5, 5.41) is 9.23. The summed E-state index contributed by atoms with van der Waals surface area (Å²) in [5.41, 5.74) is 2.83. The topological polar surface area (TPSA) is 54.4 Å². The quantitative estimate of drug-likeness (QED) is 0.901. The molecule has 0 saturated heterocycles. The normalized spacial score (nSPS) is 12.8. The van der Waals surface area contributed by atoms with Crippen molar-refractivity contribution in [2.24, 2.45) is 0 Å². The van der Waals surface area contributed by atoms with Crippen molar-refractivity contribution >= 4 is 9.84 Å². The van der Waals surface area contributed by atoms with Crippen LogP contribution in [0.25, 0.3) is 0 Å². The first kappa shape index (κ1) is 14.2. The van der Waals surface area contributed by atoms with Gasteiger partial charge in [0.25, 0.3) is 0 Å². The van der Waals surface area contributed by atoms with Crippen LogP contribution in [0.2, 0.25) is 0 Å². The van der Waals surface area contributed by atoms with E-state index in [1.165, 1.54) is 13.8 Å². The molecule has 0 fully saturated rings. The first-order valence-corrected chi connectivity index (χ1v) is 7.06. The van der Waals surface area contributed by atoms with Crippen LogP contribution in [0, 0.1) is 20.8 Å². The van der Waals surface area contributed by atoms with Gasteiger partial charge >= 0.3 is 0 Å². The molecule has 0 atom stereocenters. The molecule has 17 heavy (non-hydrogen) atoms. The lowest BCUT2D eigenvalue weighted by Gasteiger charge is -2.24. The zero-order valence-electron chi connectivity index (χ0n) is 11.0. The van der Waals surface area contributed by atoms with Gasteiger partial charge in [-0.1, -0.05) is 6.07 Å². The number of aliphatic hydroxyl groups excluding tert-OH is 1. The van der Waals surface area contributed by atoms with Gasteiger partial charge in [-0.3, -0.25) is 0 Å². The number of aliphatic hydroxyl groups is 1. The Hall–Kier alpha value is -0.870. The van der Waals surface area contributed by atoms with Crippen molar-refractivity contribution in [1.29, 1.82) is 0 Å². The maximum absolute atomic E-state index is 12.4. The summed E-state index contributed by atoms with van der Waals surface area (Å²) in [6, 6.07) is 3.44. The molecule has 0 radical (unpaired) electrons. The molecule has 0 heterocycles. The van der Waals surface area contributed by atoms with Gasteiger partial charge in [0.1, 0.15) is 0 Å². The van der Waals surface area contributed by atoms with E-state index in [-0.39, 0.29) is 6.61 Å². The third kappa shape index (κ3) is 2.24. The molecule has 3 nitrogen and oxygen atoms in total. The van der Waals surface area contributed by atoms with Gasteiger partial charge in [-0.05, 0) is 57.4 Å². The number of rotatable bonds is 3. The molecular formula is C13H20O3S. The Labute approximate surface area is 103 Å². The van der Waals surface area contributed by atoms with E-state index in [2.05, 4.69) is 0 Å². The number of benzene rings is 1. The molecular weight excluding hydrogens is 236 g/mol.